The highest BCUT2D eigenvalue weighted by molar-refractivity contribution is 5.83. The summed E-state index contributed by atoms with van der Waals surface area (Å²) in [6.07, 6.45) is 2.61. The highest BCUT2D eigenvalue weighted by Gasteiger charge is 2.32. The second kappa shape index (κ2) is 7.34. The lowest BCUT2D eigenvalue weighted by molar-refractivity contribution is -0.137. The molecule has 5 nitrogen and oxygen atoms in total. The number of carbonyl (C=O) groups is 2. The second-order valence-electron chi connectivity index (χ2n) is 6.27. The van der Waals surface area contributed by atoms with Crippen LogP contribution in [0, 0.1) is 0 Å². The number of nitrogens with zero attached hydrogens (tertiary/aromatic N) is 1. The summed E-state index contributed by atoms with van der Waals surface area (Å²) in [5, 5.41) is 13.9. The van der Waals surface area contributed by atoms with Crippen molar-refractivity contribution in [1.29, 1.82) is 0 Å². The lowest BCUT2D eigenvalue weighted by atomic mass is 10.1. The zero-order chi connectivity index (χ0) is 16.9. The molecule has 1 aliphatic rings. The van der Waals surface area contributed by atoms with Gasteiger partial charge in [-0.15, -0.1) is 0 Å². The number of carboxylic acid groups (broad SMARTS) is 1. The van der Waals surface area contributed by atoms with Gasteiger partial charge in [-0.05, 0) is 41.7 Å². The molecule has 24 heavy (non-hydrogen) atoms. The number of aliphatic carboxylic acids is 1. The Morgan fingerprint density at radius 2 is 1.88 bits per heavy atom. The first-order valence-corrected chi connectivity index (χ1v) is 8.37. The van der Waals surface area contributed by atoms with Crippen LogP contribution >= 0.6 is 0 Å². The number of rotatable bonds is 7. The van der Waals surface area contributed by atoms with Crippen LogP contribution in [0.1, 0.15) is 31.2 Å². The monoisotopic (exact) mass is 326 g/mol. The van der Waals surface area contributed by atoms with E-state index in [1.807, 2.05) is 17.0 Å². The molecule has 2 N–H and O–H groups in total. The normalized spacial score (nSPS) is 13.7. The third kappa shape index (κ3) is 4.25. The molecular weight excluding hydrogens is 304 g/mol. The van der Waals surface area contributed by atoms with Crippen molar-refractivity contribution in [2.75, 3.05) is 6.54 Å². The maximum absolute atomic E-state index is 12.4. The minimum atomic E-state index is -0.834. The largest absolute Gasteiger partial charge is 0.481 e. The fourth-order valence-corrected chi connectivity index (χ4v) is 2.82. The summed E-state index contributed by atoms with van der Waals surface area (Å²) in [7, 11) is 0. The Balaban J connectivity index is 1.62. The van der Waals surface area contributed by atoms with E-state index in [2.05, 4.69) is 35.6 Å². The number of amides is 2. The molecule has 1 saturated carbocycles. The van der Waals surface area contributed by atoms with E-state index in [1.165, 1.54) is 10.8 Å². The molecule has 0 bridgehead atoms. The Kier molecular flexibility index (Phi) is 4.99. The van der Waals surface area contributed by atoms with Crippen molar-refractivity contribution in [2.24, 2.45) is 0 Å². The molecular formula is C19H22N2O3. The van der Waals surface area contributed by atoms with E-state index in [0.717, 1.165) is 18.4 Å². The van der Waals surface area contributed by atoms with Crippen LogP contribution in [0.25, 0.3) is 10.8 Å². The molecule has 1 aliphatic carbocycles. The highest BCUT2D eigenvalue weighted by Crippen LogP contribution is 2.29. The highest BCUT2D eigenvalue weighted by atomic mass is 16.4. The summed E-state index contributed by atoms with van der Waals surface area (Å²) in [5.41, 5.74) is 1.11. The molecule has 0 atom stereocenters. The third-order valence-corrected chi connectivity index (χ3v) is 4.26. The van der Waals surface area contributed by atoms with E-state index in [-0.39, 0.29) is 12.5 Å². The summed E-state index contributed by atoms with van der Waals surface area (Å²) in [4.78, 5) is 24.8. The van der Waals surface area contributed by atoms with E-state index in [9.17, 15) is 9.59 Å². The topological polar surface area (TPSA) is 69.6 Å². The summed E-state index contributed by atoms with van der Waals surface area (Å²) >= 11 is 0. The molecule has 0 spiro atoms. The first kappa shape index (κ1) is 16.3. The van der Waals surface area contributed by atoms with Crippen LogP contribution in [0.4, 0.5) is 4.79 Å². The van der Waals surface area contributed by atoms with Crippen molar-refractivity contribution >= 4 is 22.8 Å². The molecule has 126 valence electrons. The van der Waals surface area contributed by atoms with Gasteiger partial charge in [0.2, 0.25) is 0 Å². The number of urea groups is 1. The lowest BCUT2D eigenvalue weighted by Gasteiger charge is -2.23. The molecule has 5 heteroatoms. The van der Waals surface area contributed by atoms with Crippen molar-refractivity contribution in [2.45, 2.75) is 38.3 Å². The molecule has 1 fully saturated rings. The maximum atomic E-state index is 12.4. The van der Waals surface area contributed by atoms with E-state index in [4.69, 9.17) is 5.11 Å². The van der Waals surface area contributed by atoms with Gasteiger partial charge in [-0.25, -0.2) is 4.79 Å². The summed E-state index contributed by atoms with van der Waals surface area (Å²) in [6.45, 7) is 0.979. The molecule has 0 saturated heterocycles. The van der Waals surface area contributed by atoms with Crippen LogP contribution in [0.3, 0.4) is 0 Å². The van der Waals surface area contributed by atoms with Crippen molar-refractivity contribution in [3.8, 4) is 0 Å². The van der Waals surface area contributed by atoms with Crippen LogP contribution < -0.4 is 5.32 Å². The Morgan fingerprint density at radius 3 is 2.58 bits per heavy atom. The van der Waals surface area contributed by atoms with Gasteiger partial charge in [0.25, 0.3) is 0 Å². The molecule has 2 amide bonds. The first-order chi connectivity index (χ1) is 11.6. The van der Waals surface area contributed by atoms with Crippen LogP contribution in [-0.4, -0.2) is 34.6 Å². The number of carbonyl (C=O) groups excluding carboxylic acids is 1. The zero-order valence-corrected chi connectivity index (χ0v) is 13.6. The number of benzene rings is 2. The van der Waals surface area contributed by atoms with Crippen molar-refractivity contribution in [1.82, 2.24) is 10.2 Å². The van der Waals surface area contributed by atoms with Gasteiger partial charge < -0.3 is 15.3 Å². The molecule has 3 rings (SSSR count). The van der Waals surface area contributed by atoms with Crippen molar-refractivity contribution in [3.05, 3.63) is 48.0 Å². The van der Waals surface area contributed by atoms with E-state index in [0.29, 0.717) is 25.6 Å². The Bertz CT molecular complexity index is 740. The lowest BCUT2D eigenvalue weighted by Crippen LogP contribution is -2.41. The van der Waals surface area contributed by atoms with Gasteiger partial charge in [0.1, 0.15) is 0 Å². The number of carboxylic acids is 1. The predicted molar refractivity (Wildman–Crippen MR) is 92.8 cm³/mol. The number of hydrogen-bond acceptors (Lipinski definition) is 2. The number of hydrogen-bond donors (Lipinski definition) is 2. The van der Waals surface area contributed by atoms with Crippen LogP contribution in [0.2, 0.25) is 0 Å². The van der Waals surface area contributed by atoms with Gasteiger partial charge in [0, 0.05) is 25.6 Å². The van der Waals surface area contributed by atoms with Crippen molar-refractivity contribution < 1.29 is 14.7 Å². The van der Waals surface area contributed by atoms with Crippen molar-refractivity contribution in [3.63, 3.8) is 0 Å². The first-order valence-electron chi connectivity index (χ1n) is 8.37. The molecule has 0 aromatic heterocycles. The Labute approximate surface area is 141 Å². The minimum absolute atomic E-state index is 0.0778. The Hall–Kier alpha value is -2.56. The van der Waals surface area contributed by atoms with E-state index in [1.54, 1.807) is 0 Å². The van der Waals surface area contributed by atoms with Crippen LogP contribution in [0.5, 0.6) is 0 Å². The minimum Gasteiger partial charge on any atom is -0.481 e. The fraction of sp³-hybridized carbons (Fsp3) is 0.368. The second-order valence-corrected chi connectivity index (χ2v) is 6.27. The molecule has 2 aromatic carbocycles. The summed E-state index contributed by atoms with van der Waals surface area (Å²) < 4.78 is 0. The summed E-state index contributed by atoms with van der Waals surface area (Å²) in [5.74, 6) is -0.834. The standard InChI is InChI=1S/C19H22N2O3/c22-18(23)6-3-11-20-19(24)21(17-9-10-17)13-14-7-8-15-4-1-2-5-16(15)12-14/h1-2,4-5,7-8,12,17H,3,6,9-11,13H2,(H,20,24)(H,22,23). The van der Waals surface area contributed by atoms with E-state index >= 15 is 0 Å². The third-order valence-electron chi connectivity index (χ3n) is 4.26. The average molecular weight is 326 g/mol. The fourth-order valence-electron chi connectivity index (χ4n) is 2.82. The summed E-state index contributed by atoms with van der Waals surface area (Å²) in [6, 6.07) is 14.7. The van der Waals surface area contributed by atoms with Gasteiger partial charge in [-0.1, -0.05) is 36.4 Å². The Morgan fingerprint density at radius 1 is 1.12 bits per heavy atom. The SMILES string of the molecule is O=C(O)CCCNC(=O)N(Cc1ccc2ccccc2c1)C1CC1. The number of nitrogens with one attached hydrogen (secondary N) is 1. The van der Waals surface area contributed by atoms with Gasteiger partial charge in [0.15, 0.2) is 0 Å². The molecule has 2 aromatic rings. The number of fused-ring (bicyclic) bond motifs is 1. The van der Waals surface area contributed by atoms with Gasteiger partial charge in [-0.3, -0.25) is 4.79 Å². The predicted octanol–water partition coefficient (Wildman–Crippen LogP) is 3.38. The quantitative estimate of drug-likeness (QED) is 0.766. The van der Waals surface area contributed by atoms with Crippen LogP contribution in [0.15, 0.2) is 42.5 Å². The van der Waals surface area contributed by atoms with Gasteiger partial charge >= 0.3 is 12.0 Å². The van der Waals surface area contributed by atoms with Gasteiger partial charge in [0.05, 0.1) is 0 Å². The molecule has 0 aliphatic heterocycles. The molecule has 0 heterocycles. The van der Waals surface area contributed by atoms with Crippen LogP contribution in [-0.2, 0) is 11.3 Å². The van der Waals surface area contributed by atoms with E-state index < -0.39 is 5.97 Å². The maximum Gasteiger partial charge on any atom is 0.317 e. The molecule has 0 radical (unpaired) electrons. The molecule has 0 unspecified atom stereocenters. The van der Waals surface area contributed by atoms with Gasteiger partial charge in [-0.2, -0.15) is 0 Å². The average Bonchev–Trinajstić information content (AvgIpc) is 3.41. The smallest absolute Gasteiger partial charge is 0.317 e. The zero-order valence-electron chi connectivity index (χ0n) is 13.6.